The summed E-state index contributed by atoms with van der Waals surface area (Å²) in [5, 5.41) is 3.62. The van der Waals surface area contributed by atoms with Gasteiger partial charge in [0.1, 0.15) is 0 Å². The summed E-state index contributed by atoms with van der Waals surface area (Å²) in [7, 11) is 3.18. The molecule has 0 spiro atoms. The van der Waals surface area contributed by atoms with E-state index in [1.807, 2.05) is 36.4 Å². The maximum Gasteiger partial charge on any atom is 0.225 e. The fraction of sp³-hybridized carbons (Fsp3) is 0.235. The molecule has 1 aliphatic heterocycles. The number of benzene rings is 2. The van der Waals surface area contributed by atoms with E-state index in [9.17, 15) is 4.79 Å². The molecule has 1 amide bonds. The zero-order valence-corrected chi connectivity index (χ0v) is 13.1. The molecule has 5 heteroatoms. The Kier molecular flexibility index (Phi) is 3.94. The predicted octanol–water partition coefficient (Wildman–Crippen LogP) is 3.12. The van der Waals surface area contributed by atoms with Crippen molar-refractivity contribution in [2.75, 3.05) is 14.2 Å². The molecular formula is C17H16ClNO3. The molecule has 0 aromatic heterocycles. The van der Waals surface area contributed by atoms with Gasteiger partial charge in [-0.2, -0.15) is 0 Å². The molecule has 1 atom stereocenters. The third kappa shape index (κ3) is 2.50. The van der Waals surface area contributed by atoms with Crippen molar-refractivity contribution in [3.63, 3.8) is 0 Å². The van der Waals surface area contributed by atoms with Crippen molar-refractivity contribution in [2.24, 2.45) is 0 Å². The van der Waals surface area contributed by atoms with Crippen LogP contribution in [0.4, 0.5) is 0 Å². The molecule has 0 unspecified atom stereocenters. The van der Waals surface area contributed by atoms with Crippen LogP contribution in [0.1, 0.15) is 22.7 Å². The van der Waals surface area contributed by atoms with Crippen LogP contribution in [-0.2, 0) is 11.2 Å². The minimum atomic E-state index is -0.287. The van der Waals surface area contributed by atoms with Gasteiger partial charge in [-0.15, -0.1) is 0 Å². The predicted molar refractivity (Wildman–Crippen MR) is 84.7 cm³/mol. The molecule has 1 heterocycles. The third-order valence-electron chi connectivity index (χ3n) is 3.83. The third-order valence-corrected chi connectivity index (χ3v) is 4.17. The SMILES string of the molecule is COc1cc2c(cc1OC)[C@@H](c1ccccc1Cl)NC(=O)C2. The van der Waals surface area contributed by atoms with Crippen LogP contribution in [0.25, 0.3) is 0 Å². The number of nitrogens with one attached hydrogen (secondary N) is 1. The highest BCUT2D eigenvalue weighted by molar-refractivity contribution is 6.31. The quantitative estimate of drug-likeness (QED) is 0.946. The van der Waals surface area contributed by atoms with E-state index in [-0.39, 0.29) is 11.9 Å². The summed E-state index contributed by atoms with van der Waals surface area (Å²) >= 11 is 6.30. The number of carbonyl (C=O) groups is 1. The number of halogens is 1. The van der Waals surface area contributed by atoms with E-state index >= 15 is 0 Å². The van der Waals surface area contributed by atoms with Crippen molar-refractivity contribution in [1.82, 2.24) is 5.32 Å². The second-order valence-corrected chi connectivity index (χ2v) is 5.51. The molecule has 0 bridgehead atoms. The normalized spacial score (nSPS) is 16.7. The van der Waals surface area contributed by atoms with E-state index in [4.69, 9.17) is 21.1 Å². The topological polar surface area (TPSA) is 47.6 Å². The van der Waals surface area contributed by atoms with Gasteiger partial charge in [-0.1, -0.05) is 29.8 Å². The van der Waals surface area contributed by atoms with Gasteiger partial charge in [0, 0.05) is 5.02 Å². The number of fused-ring (bicyclic) bond motifs is 1. The van der Waals surface area contributed by atoms with Crippen LogP contribution in [-0.4, -0.2) is 20.1 Å². The Balaban J connectivity index is 2.16. The zero-order valence-electron chi connectivity index (χ0n) is 12.4. The number of ether oxygens (including phenoxy) is 2. The van der Waals surface area contributed by atoms with Crippen molar-refractivity contribution in [1.29, 1.82) is 0 Å². The van der Waals surface area contributed by atoms with Crippen LogP contribution in [0, 0.1) is 0 Å². The monoisotopic (exact) mass is 317 g/mol. The van der Waals surface area contributed by atoms with Crippen LogP contribution < -0.4 is 14.8 Å². The lowest BCUT2D eigenvalue weighted by atomic mass is 9.89. The summed E-state index contributed by atoms with van der Waals surface area (Å²) in [5.74, 6) is 1.22. The number of rotatable bonds is 3. The van der Waals surface area contributed by atoms with Gasteiger partial charge < -0.3 is 14.8 Å². The molecule has 0 fully saturated rings. The summed E-state index contributed by atoms with van der Waals surface area (Å²) in [6.07, 6.45) is 0.316. The van der Waals surface area contributed by atoms with Gasteiger partial charge in [0.05, 0.1) is 26.7 Å². The van der Waals surface area contributed by atoms with E-state index < -0.39 is 0 Å². The summed E-state index contributed by atoms with van der Waals surface area (Å²) in [6.45, 7) is 0. The van der Waals surface area contributed by atoms with Gasteiger partial charge in [0.15, 0.2) is 11.5 Å². The van der Waals surface area contributed by atoms with Crippen LogP contribution in [0.3, 0.4) is 0 Å². The van der Waals surface area contributed by atoms with E-state index in [2.05, 4.69) is 5.32 Å². The Morgan fingerprint density at radius 2 is 1.77 bits per heavy atom. The molecule has 0 saturated heterocycles. The Morgan fingerprint density at radius 3 is 2.45 bits per heavy atom. The molecular weight excluding hydrogens is 302 g/mol. The van der Waals surface area contributed by atoms with Crippen molar-refractivity contribution in [3.05, 3.63) is 58.1 Å². The summed E-state index contributed by atoms with van der Waals surface area (Å²) in [4.78, 5) is 12.0. The van der Waals surface area contributed by atoms with E-state index in [0.717, 1.165) is 16.7 Å². The number of hydrogen-bond acceptors (Lipinski definition) is 3. The fourth-order valence-electron chi connectivity index (χ4n) is 2.78. The van der Waals surface area contributed by atoms with Gasteiger partial charge >= 0.3 is 0 Å². The van der Waals surface area contributed by atoms with Crippen LogP contribution >= 0.6 is 11.6 Å². The standard InChI is InChI=1S/C17H16ClNO3/c1-21-14-7-10-8-16(20)19-17(12(10)9-15(14)22-2)11-5-3-4-6-13(11)18/h3-7,9,17H,8H2,1-2H3,(H,19,20)/t17-/m1/s1. The Morgan fingerprint density at radius 1 is 1.09 bits per heavy atom. The summed E-state index contributed by atoms with van der Waals surface area (Å²) in [6, 6.07) is 11.0. The highest BCUT2D eigenvalue weighted by atomic mass is 35.5. The minimum absolute atomic E-state index is 0.0374. The number of amides is 1. The smallest absolute Gasteiger partial charge is 0.225 e. The largest absolute Gasteiger partial charge is 0.493 e. The molecule has 2 aromatic rings. The number of hydrogen-bond donors (Lipinski definition) is 1. The Bertz CT molecular complexity index is 730. The zero-order chi connectivity index (χ0) is 15.7. The van der Waals surface area contributed by atoms with Crippen molar-refractivity contribution >= 4 is 17.5 Å². The fourth-order valence-corrected chi connectivity index (χ4v) is 3.02. The molecule has 0 aliphatic carbocycles. The average Bonchev–Trinajstić information content (AvgIpc) is 2.53. The molecule has 114 valence electrons. The minimum Gasteiger partial charge on any atom is -0.493 e. The highest BCUT2D eigenvalue weighted by Gasteiger charge is 2.28. The maximum atomic E-state index is 12.0. The van der Waals surface area contributed by atoms with E-state index in [0.29, 0.717) is 22.9 Å². The van der Waals surface area contributed by atoms with Crippen molar-refractivity contribution < 1.29 is 14.3 Å². The highest BCUT2D eigenvalue weighted by Crippen LogP contribution is 2.39. The lowest BCUT2D eigenvalue weighted by Crippen LogP contribution is -2.36. The first-order chi connectivity index (χ1) is 10.6. The van der Waals surface area contributed by atoms with Crippen molar-refractivity contribution in [3.8, 4) is 11.5 Å². The number of methoxy groups -OCH3 is 2. The van der Waals surface area contributed by atoms with Crippen LogP contribution in [0.2, 0.25) is 5.02 Å². The number of carbonyl (C=O) groups excluding carboxylic acids is 1. The second kappa shape index (κ2) is 5.89. The molecule has 1 aliphatic rings. The molecule has 2 aromatic carbocycles. The van der Waals surface area contributed by atoms with Gasteiger partial charge in [-0.3, -0.25) is 4.79 Å². The summed E-state index contributed by atoms with van der Waals surface area (Å²) < 4.78 is 10.7. The lowest BCUT2D eigenvalue weighted by molar-refractivity contribution is -0.121. The molecule has 0 radical (unpaired) electrons. The molecule has 1 N–H and O–H groups in total. The Hall–Kier alpha value is -2.20. The molecule has 4 nitrogen and oxygen atoms in total. The second-order valence-electron chi connectivity index (χ2n) is 5.10. The van der Waals surface area contributed by atoms with Gasteiger partial charge in [-0.05, 0) is 34.9 Å². The van der Waals surface area contributed by atoms with Gasteiger partial charge in [0.2, 0.25) is 5.91 Å². The Labute approximate surface area is 134 Å². The molecule has 0 saturated carbocycles. The first kappa shape index (κ1) is 14.7. The average molecular weight is 318 g/mol. The molecule has 22 heavy (non-hydrogen) atoms. The van der Waals surface area contributed by atoms with Crippen molar-refractivity contribution in [2.45, 2.75) is 12.5 Å². The first-order valence-corrected chi connectivity index (χ1v) is 7.30. The van der Waals surface area contributed by atoms with Gasteiger partial charge in [0.25, 0.3) is 0 Å². The summed E-state index contributed by atoms with van der Waals surface area (Å²) in [5.41, 5.74) is 2.77. The van der Waals surface area contributed by atoms with Crippen LogP contribution in [0.5, 0.6) is 11.5 Å². The maximum absolute atomic E-state index is 12.0. The first-order valence-electron chi connectivity index (χ1n) is 6.92. The van der Waals surface area contributed by atoms with E-state index in [1.165, 1.54) is 0 Å². The van der Waals surface area contributed by atoms with Gasteiger partial charge in [-0.25, -0.2) is 0 Å². The van der Waals surface area contributed by atoms with E-state index in [1.54, 1.807) is 14.2 Å². The van der Waals surface area contributed by atoms with Crippen LogP contribution in [0.15, 0.2) is 36.4 Å². The molecule has 3 rings (SSSR count). The lowest BCUT2D eigenvalue weighted by Gasteiger charge is -2.28.